The van der Waals surface area contributed by atoms with Gasteiger partial charge in [0.05, 0.1) is 16.8 Å². The molecule has 0 aliphatic carbocycles. The number of aryl methyl sites for hydroxylation is 1. The molecule has 3 aromatic rings. The second kappa shape index (κ2) is 7.27. The van der Waals surface area contributed by atoms with Gasteiger partial charge in [-0.25, -0.2) is 18.2 Å². The predicted molar refractivity (Wildman–Crippen MR) is 103 cm³/mol. The number of fused-ring (bicyclic) bond motifs is 1. The lowest BCUT2D eigenvalue weighted by molar-refractivity contribution is 0.435. The van der Waals surface area contributed by atoms with Crippen molar-refractivity contribution in [2.24, 2.45) is 5.92 Å². The number of aromatic nitrogens is 4. The number of piperidine rings is 1. The Bertz CT molecular complexity index is 1020. The molecule has 1 aliphatic rings. The molecule has 1 aliphatic heterocycles. The van der Waals surface area contributed by atoms with Crippen molar-refractivity contribution in [1.29, 1.82) is 0 Å². The molecular formula is C19H20F3N5S. The molecule has 148 valence electrons. The van der Waals surface area contributed by atoms with Crippen LogP contribution < -0.4 is 4.90 Å². The first-order valence-corrected chi connectivity index (χ1v) is 10.3. The van der Waals surface area contributed by atoms with E-state index >= 15 is 0 Å². The third-order valence-corrected chi connectivity index (χ3v) is 5.69. The van der Waals surface area contributed by atoms with Gasteiger partial charge < -0.3 is 4.90 Å². The van der Waals surface area contributed by atoms with E-state index in [0.29, 0.717) is 40.5 Å². The first-order valence-electron chi connectivity index (χ1n) is 9.10. The number of benzene rings is 1. The molecule has 0 amide bonds. The molecule has 3 heterocycles. The fourth-order valence-electron chi connectivity index (χ4n) is 3.65. The Morgan fingerprint density at radius 2 is 1.68 bits per heavy atom. The molecule has 28 heavy (non-hydrogen) atoms. The van der Waals surface area contributed by atoms with Gasteiger partial charge in [0, 0.05) is 25.2 Å². The van der Waals surface area contributed by atoms with E-state index in [1.54, 1.807) is 11.4 Å². The average molecular weight is 407 g/mol. The molecule has 0 saturated carbocycles. The summed E-state index contributed by atoms with van der Waals surface area (Å²) in [4.78, 5) is 10.9. The van der Waals surface area contributed by atoms with Gasteiger partial charge in [-0.2, -0.15) is 9.50 Å². The van der Waals surface area contributed by atoms with Gasteiger partial charge in [0.2, 0.25) is 5.16 Å². The van der Waals surface area contributed by atoms with Crippen LogP contribution in [0.1, 0.15) is 25.5 Å². The van der Waals surface area contributed by atoms with Crippen LogP contribution in [-0.4, -0.2) is 38.9 Å². The van der Waals surface area contributed by atoms with Crippen molar-refractivity contribution in [3.05, 3.63) is 35.3 Å². The molecule has 0 unspecified atom stereocenters. The maximum atomic E-state index is 14.7. The molecule has 1 saturated heterocycles. The Morgan fingerprint density at radius 1 is 1.04 bits per heavy atom. The van der Waals surface area contributed by atoms with Gasteiger partial charge in [0.1, 0.15) is 23.3 Å². The van der Waals surface area contributed by atoms with E-state index in [9.17, 15) is 13.2 Å². The van der Waals surface area contributed by atoms with Crippen LogP contribution in [0.25, 0.3) is 16.9 Å². The maximum absolute atomic E-state index is 14.7. The second-order valence-electron chi connectivity index (χ2n) is 7.12. The van der Waals surface area contributed by atoms with Gasteiger partial charge in [-0.1, -0.05) is 18.7 Å². The number of anilines is 1. The van der Waals surface area contributed by atoms with E-state index in [2.05, 4.69) is 26.9 Å². The van der Waals surface area contributed by atoms with Crippen LogP contribution in [0.15, 0.2) is 17.3 Å². The van der Waals surface area contributed by atoms with Crippen molar-refractivity contribution >= 4 is 23.4 Å². The third kappa shape index (κ3) is 3.21. The lowest BCUT2D eigenvalue weighted by atomic mass is 9.97. The lowest BCUT2D eigenvalue weighted by Crippen LogP contribution is -2.35. The number of hydrogen-bond acceptors (Lipinski definition) is 5. The highest BCUT2D eigenvalue weighted by Gasteiger charge is 2.28. The van der Waals surface area contributed by atoms with Gasteiger partial charge >= 0.3 is 0 Å². The van der Waals surface area contributed by atoms with Gasteiger partial charge in [0.15, 0.2) is 0 Å². The number of rotatable bonds is 3. The molecule has 4 rings (SSSR count). The molecule has 0 spiro atoms. The van der Waals surface area contributed by atoms with Crippen molar-refractivity contribution in [2.45, 2.75) is 31.8 Å². The van der Waals surface area contributed by atoms with Crippen molar-refractivity contribution in [1.82, 2.24) is 19.6 Å². The Balaban J connectivity index is 2.02. The van der Waals surface area contributed by atoms with Crippen LogP contribution >= 0.6 is 11.8 Å². The van der Waals surface area contributed by atoms with Crippen molar-refractivity contribution in [3.8, 4) is 11.1 Å². The topological polar surface area (TPSA) is 46.3 Å². The highest BCUT2D eigenvalue weighted by Crippen LogP contribution is 2.38. The van der Waals surface area contributed by atoms with Crippen molar-refractivity contribution in [2.75, 3.05) is 24.2 Å². The number of hydrogen-bond donors (Lipinski definition) is 0. The highest BCUT2D eigenvalue weighted by molar-refractivity contribution is 7.98. The van der Waals surface area contributed by atoms with Gasteiger partial charge in [-0.3, -0.25) is 0 Å². The standard InChI is InChI=1S/C19H20F3N5S/c1-10-4-6-26(7-5-10)17-15(16-13(21)8-12(20)9-14(16)22)11(2)23-18-24-19(28-3)25-27(17)18/h8-10H,4-7H2,1-3H3. The molecule has 5 nitrogen and oxygen atoms in total. The normalized spacial score (nSPS) is 15.6. The summed E-state index contributed by atoms with van der Waals surface area (Å²) in [6, 6.07) is 1.39. The van der Waals surface area contributed by atoms with E-state index in [1.807, 2.05) is 6.26 Å². The van der Waals surface area contributed by atoms with E-state index in [1.165, 1.54) is 11.8 Å². The molecule has 0 N–H and O–H groups in total. The number of nitrogens with zero attached hydrogens (tertiary/aromatic N) is 5. The van der Waals surface area contributed by atoms with E-state index in [0.717, 1.165) is 25.9 Å². The smallest absolute Gasteiger partial charge is 0.255 e. The van der Waals surface area contributed by atoms with Gasteiger partial charge in [0.25, 0.3) is 5.78 Å². The van der Waals surface area contributed by atoms with E-state index in [4.69, 9.17) is 0 Å². The molecular weight excluding hydrogens is 387 g/mol. The minimum Gasteiger partial charge on any atom is -0.356 e. The number of halogens is 3. The first kappa shape index (κ1) is 19.0. The third-order valence-electron chi connectivity index (χ3n) is 5.15. The van der Waals surface area contributed by atoms with Crippen LogP contribution in [0.5, 0.6) is 0 Å². The monoisotopic (exact) mass is 407 g/mol. The Morgan fingerprint density at radius 3 is 2.29 bits per heavy atom. The zero-order valence-corrected chi connectivity index (χ0v) is 16.7. The Kier molecular flexibility index (Phi) is 4.95. The summed E-state index contributed by atoms with van der Waals surface area (Å²) in [6.07, 6.45) is 3.77. The fourth-order valence-corrected chi connectivity index (χ4v) is 3.98. The summed E-state index contributed by atoms with van der Waals surface area (Å²) in [7, 11) is 0. The number of thioether (sulfide) groups is 1. The quantitative estimate of drug-likeness (QED) is 0.600. The summed E-state index contributed by atoms with van der Waals surface area (Å²) < 4.78 is 44.4. The Labute approximate surface area is 165 Å². The molecule has 0 radical (unpaired) electrons. The van der Waals surface area contributed by atoms with E-state index < -0.39 is 17.5 Å². The lowest BCUT2D eigenvalue weighted by Gasteiger charge is -2.33. The van der Waals surface area contributed by atoms with E-state index in [-0.39, 0.29) is 11.1 Å². The minimum atomic E-state index is -0.960. The summed E-state index contributed by atoms with van der Waals surface area (Å²) >= 11 is 1.37. The summed E-state index contributed by atoms with van der Waals surface area (Å²) in [5, 5.41) is 5.00. The molecule has 2 aromatic heterocycles. The minimum absolute atomic E-state index is 0.287. The molecule has 0 atom stereocenters. The van der Waals surface area contributed by atoms with Crippen LogP contribution in [0.2, 0.25) is 0 Å². The molecule has 9 heteroatoms. The highest BCUT2D eigenvalue weighted by atomic mass is 32.2. The van der Waals surface area contributed by atoms with Crippen LogP contribution in [-0.2, 0) is 0 Å². The van der Waals surface area contributed by atoms with Crippen molar-refractivity contribution in [3.63, 3.8) is 0 Å². The first-order chi connectivity index (χ1) is 13.4. The molecule has 1 fully saturated rings. The van der Waals surface area contributed by atoms with Crippen LogP contribution in [0.3, 0.4) is 0 Å². The molecule has 1 aromatic carbocycles. The predicted octanol–water partition coefficient (Wildman–Crippen LogP) is 4.48. The van der Waals surface area contributed by atoms with Crippen LogP contribution in [0, 0.1) is 30.3 Å². The van der Waals surface area contributed by atoms with Crippen molar-refractivity contribution < 1.29 is 13.2 Å². The zero-order chi connectivity index (χ0) is 20.0. The largest absolute Gasteiger partial charge is 0.356 e. The SMILES string of the molecule is CSc1nc2nc(C)c(-c3c(F)cc(F)cc3F)c(N3CCC(C)CC3)n2n1. The molecule has 0 bridgehead atoms. The average Bonchev–Trinajstić information content (AvgIpc) is 3.04. The summed E-state index contributed by atoms with van der Waals surface area (Å²) in [6.45, 7) is 5.32. The second-order valence-corrected chi connectivity index (χ2v) is 7.89. The maximum Gasteiger partial charge on any atom is 0.255 e. The van der Waals surface area contributed by atoms with Crippen LogP contribution in [0.4, 0.5) is 19.0 Å². The van der Waals surface area contributed by atoms with Gasteiger partial charge in [-0.05, 0) is 31.9 Å². The summed E-state index contributed by atoms with van der Waals surface area (Å²) in [5.41, 5.74) is 0.420. The van der Waals surface area contributed by atoms with Gasteiger partial charge in [-0.15, -0.1) is 5.10 Å². The Hall–Kier alpha value is -2.29. The zero-order valence-electron chi connectivity index (χ0n) is 15.8. The summed E-state index contributed by atoms with van der Waals surface area (Å²) in [5.74, 6) is -1.37. The fraction of sp³-hybridized carbons (Fsp3) is 0.421.